The highest BCUT2D eigenvalue weighted by molar-refractivity contribution is 7.64. The van der Waals surface area contributed by atoms with Crippen molar-refractivity contribution in [2.75, 3.05) is 12.3 Å². The smallest absolute Gasteiger partial charge is 0.0908 e. The van der Waals surface area contributed by atoms with Crippen molar-refractivity contribution < 1.29 is 4.57 Å². The Bertz CT molecular complexity index is 261. The van der Waals surface area contributed by atoms with Crippen LogP contribution >= 0.6 is 7.14 Å². The van der Waals surface area contributed by atoms with Crippen LogP contribution in [0.5, 0.6) is 0 Å². The van der Waals surface area contributed by atoms with Crippen LogP contribution in [0.25, 0.3) is 0 Å². The summed E-state index contributed by atoms with van der Waals surface area (Å²) >= 11 is 0. The third kappa shape index (κ3) is 5.37. The summed E-state index contributed by atoms with van der Waals surface area (Å²) in [6.07, 6.45) is 7.65. The van der Waals surface area contributed by atoms with Crippen LogP contribution in [0.1, 0.15) is 44.9 Å². The van der Waals surface area contributed by atoms with Gasteiger partial charge < -0.3 is 27.5 Å². The van der Waals surface area contributed by atoms with Crippen molar-refractivity contribution in [2.45, 2.75) is 62.9 Å². The molecule has 1 saturated carbocycles. The van der Waals surface area contributed by atoms with E-state index in [1.165, 1.54) is 19.3 Å². The maximum absolute atomic E-state index is 13.2. The van der Waals surface area contributed by atoms with Gasteiger partial charge in [-0.25, -0.2) is 0 Å². The highest BCUT2D eigenvalue weighted by Gasteiger charge is 2.33. The largest absolute Gasteiger partial charge is 0.323 e. The first-order valence-corrected chi connectivity index (χ1v) is 9.19. The second-order valence-electron chi connectivity index (χ2n) is 5.60. The SMILES string of the molecule is NC(N)CCP(=O)(CCC(N)N)C1CCCCC1. The minimum absolute atomic E-state index is 0.351. The van der Waals surface area contributed by atoms with Crippen LogP contribution in [0.3, 0.4) is 0 Å². The topological polar surface area (TPSA) is 121 Å². The van der Waals surface area contributed by atoms with E-state index in [1.54, 1.807) is 0 Å². The van der Waals surface area contributed by atoms with E-state index < -0.39 is 7.14 Å². The molecule has 18 heavy (non-hydrogen) atoms. The van der Waals surface area contributed by atoms with Gasteiger partial charge in [0.05, 0.1) is 19.5 Å². The second-order valence-corrected chi connectivity index (χ2v) is 9.13. The summed E-state index contributed by atoms with van der Waals surface area (Å²) < 4.78 is 13.2. The molecule has 108 valence electrons. The summed E-state index contributed by atoms with van der Waals surface area (Å²) in [7, 11) is -2.22. The molecule has 1 aliphatic rings. The molecule has 0 aromatic heterocycles. The molecule has 1 fully saturated rings. The Morgan fingerprint density at radius 2 is 1.33 bits per heavy atom. The maximum atomic E-state index is 13.2. The van der Waals surface area contributed by atoms with Crippen molar-refractivity contribution >= 4 is 7.14 Å². The van der Waals surface area contributed by atoms with Gasteiger partial charge in [-0.05, 0) is 25.7 Å². The zero-order valence-corrected chi connectivity index (χ0v) is 12.2. The van der Waals surface area contributed by atoms with Crippen LogP contribution in [-0.2, 0) is 4.57 Å². The number of nitrogens with two attached hydrogens (primary N) is 4. The van der Waals surface area contributed by atoms with E-state index in [4.69, 9.17) is 22.9 Å². The third-order valence-corrected chi connectivity index (χ3v) is 7.80. The van der Waals surface area contributed by atoms with Gasteiger partial charge in [-0.15, -0.1) is 0 Å². The van der Waals surface area contributed by atoms with Crippen LogP contribution in [0.2, 0.25) is 0 Å². The highest BCUT2D eigenvalue weighted by atomic mass is 31.2. The molecule has 1 rings (SSSR count). The van der Waals surface area contributed by atoms with Crippen molar-refractivity contribution in [3.05, 3.63) is 0 Å². The molecular formula is C12H29N4OP. The molecule has 0 aromatic carbocycles. The van der Waals surface area contributed by atoms with E-state index in [-0.39, 0.29) is 12.3 Å². The molecular weight excluding hydrogens is 247 g/mol. The van der Waals surface area contributed by atoms with Crippen LogP contribution in [-0.4, -0.2) is 30.3 Å². The summed E-state index contributed by atoms with van der Waals surface area (Å²) in [4.78, 5) is 0. The normalized spacial score (nSPS) is 18.8. The third-order valence-electron chi connectivity index (χ3n) is 3.92. The molecule has 8 N–H and O–H groups in total. The summed E-state index contributed by atoms with van der Waals surface area (Å²) in [6.45, 7) is 0. The quantitative estimate of drug-likeness (QED) is 0.407. The van der Waals surface area contributed by atoms with Gasteiger partial charge in [0.25, 0.3) is 0 Å². The van der Waals surface area contributed by atoms with E-state index in [2.05, 4.69) is 0 Å². The fourth-order valence-corrected chi connectivity index (χ4v) is 6.49. The molecule has 0 heterocycles. The number of rotatable bonds is 7. The lowest BCUT2D eigenvalue weighted by molar-refractivity contribution is 0.477. The first-order valence-electron chi connectivity index (χ1n) is 7.04. The molecule has 0 spiro atoms. The van der Waals surface area contributed by atoms with E-state index in [1.807, 2.05) is 0 Å². The fraction of sp³-hybridized carbons (Fsp3) is 1.00. The molecule has 0 saturated heterocycles. The minimum Gasteiger partial charge on any atom is -0.323 e. The zero-order valence-electron chi connectivity index (χ0n) is 11.3. The van der Waals surface area contributed by atoms with Crippen LogP contribution < -0.4 is 22.9 Å². The molecule has 0 aliphatic heterocycles. The van der Waals surface area contributed by atoms with E-state index in [0.717, 1.165) is 12.8 Å². The number of hydrogen-bond donors (Lipinski definition) is 4. The van der Waals surface area contributed by atoms with Gasteiger partial charge in [0.2, 0.25) is 0 Å². The first-order chi connectivity index (χ1) is 8.44. The van der Waals surface area contributed by atoms with Crippen molar-refractivity contribution in [3.63, 3.8) is 0 Å². The molecule has 6 heteroatoms. The molecule has 1 aliphatic carbocycles. The van der Waals surface area contributed by atoms with E-state index in [9.17, 15) is 4.57 Å². The van der Waals surface area contributed by atoms with Gasteiger partial charge in [-0.3, -0.25) is 0 Å². The Morgan fingerprint density at radius 1 is 0.889 bits per heavy atom. The Labute approximate surface area is 110 Å². The fourth-order valence-electron chi connectivity index (χ4n) is 2.76. The predicted octanol–water partition coefficient (Wildman–Crippen LogP) is 0.949. The summed E-state index contributed by atoms with van der Waals surface area (Å²) in [5.41, 5.74) is 22.7. The second kappa shape index (κ2) is 7.61. The average Bonchev–Trinajstić information content (AvgIpc) is 2.35. The highest BCUT2D eigenvalue weighted by Crippen LogP contribution is 2.56. The molecule has 5 nitrogen and oxygen atoms in total. The van der Waals surface area contributed by atoms with Crippen molar-refractivity contribution in [3.8, 4) is 0 Å². The van der Waals surface area contributed by atoms with Gasteiger partial charge in [-0.2, -0.15) is 0 Å². The van der Waals surface area contributed by atoms with Gasteiger partial charge >= 0.3 is 0 Å². The standard InChI is InChI=1S/C12H29N4OP/c13-11(14)6-8-18(17,9-7-12(15)16)10-4-2-1-3-5-10/h10-12H,1-9,13-16H2. The molecule has 0 unspecified atom stereocenters. The molecule has 0 atom stereocenters. The van der Waals surface area contributed by atoms with Gasteiger partial charge in [0, 0.05) is 18.0 Å². The van der Waals surface area contributed by atoms with Gasteiger partial charge in [0.15, 0.2) is 0 Å². The number of hydrogen-bond acceptors (Lipinski definition) is 5. The summed E-state index contributed by atoms with van der Waals surface area (Å²) in [5.74, 6) is 0. The monoisotopic (exact) mass is 276 g/mol. The summed E-state index contributed by atoms with van der Waals surface area (Å²) in [5, 5.41) is 0. The lowest BCUT2D eigenvalue weighted by atomic mass is 10.0. The van der Waals surface area contributed by atoms with E-state index >= 15 is 0 Å². The Kier molecular flexibility index (Phi) is 6.82. The average molecular weight is 276 g/mol. The van der Waals surface area contributed by atoms with Gasteiger partial charge in [-0.1, -0.05) is 19.3 Å². The van der Waals surface area contributed by atoms with Crippen molar-refractivity contribution in [1.82, 2.24) is 0 Å². The Morgan fingerprint density at radius 3 is 1.72 bits per heavy atom. The Hall–Kier alpha value is 0.0700. The summed E-state index contributed by atoms with van der Waals surface area (Å²) in [6, 6.07) is 0. The van der Waals surface area contributed by atoms with E-state index in [0.29, 0.717) is 30.8 Å². The molecule has 0 amide bonds. The predicted molar refractivity (Wildman–Crippen MR) is 77.8 cm³/mol. The Balaban J connectivity index is 2.62. The van der Waals surface area contributed by atoms with Crippen molar-refractivity contribution in [1.29, 1.82) is 0 Å². The van der Waals surface area contributed by atoms with Gasteiger partial charge in [0.1, 0.15) is 0 Å². The molecule has 0 aromatic rings. The lowest BCUT2D eigenvalue weighted by Gasteiger charge is -2.31. The first kappa shape index (κ1) is 16.1. The molecule has 0 bridgehead atoms. The molecule has 0 radical (unpaired) electrons. The minimum atomic E-state index is -2.22. The van der Waals surface area contributed by atoms with Crippen LogP contribution in [0.15, 0.2) is 0 Å². The van der Waals surface area contributed by atoms with Crippen LogP contribution in [0, 0.1) is 0 Å². The lowest BCUT2D eigenvalue weighted by Crippen LogP contribution is -2.34. The zero-order chi connectivity index (χ0) is 13.6. The van der Waals surface area contributed by atoms with Crippen LogP contribution in [0.4, 0.5) is 0 Å². The maximum Gasteiger partial charge on any atom is 0.0908 e. The van der Waals surface area contributed by atoms with Crippen molar-refractivity contribution in [2.24, 2.45) is 22.9 Å².